The van der Waals surface area contributed by atoms with Gasteiger partial charge in [0.15, 0.2) is 11.5 Å². The molecule has 2 amide bonds. The topological polar surface area (TPSA) is 103 Å². The van der Waals surface area contributed by atoms with E-state index in [9.17, 15) is 9.59 Å². The van der Waals surface area contributed by atoms with Crippen molar-refractivity contribution in [3.05, 3.63) is 23.8 Å². The summed E-state index contributed by atoms with van der Waals surface area (Å²) < 4.78 is 10.6. The number of carbonyl (C=O) groups is 2. The Morgan fingerprint density at radius 3 is 2.50 bits per heavy atom. The standard InChI is InChI=1S/C14H21N3O4.ClH/c1-3-21-12-6-10(4-5-11(12)20-2)8-16-14(19)9-17-13(18)7-15;/h4-6H,3,7-9,15H2,1-2H3,(H,16,19)(H,17,18);1H. The van der Waals surface area contributed by atoms with Crippen LogP contribution in [0.15, 0.2) is 18.2 Å². The second-order valence-corrected chi connectivity index (χ2v) is 4.18. The molecular formula is C14H22ClN3O4. The zero-order valence-electron chi connectivity index (χ0n) is 12.7. The van der Waals surface area contributed by atoms with Crippen LogP contribution in [0.4, 0.5) is 0 Å². The minimum atomic E-state index is -0.367. The van der Waals surface area contributed by atoms with E-state index in [2.05, 4.69) is 10.6 Å². The van der Waals surface area contributed by atoms with Crippen LogP contribution in [0.2, 0.25) is 0 Å². The number of hydrogen-bond donors (Lipinski definition) is 3. The van der Waals surface area contributed by atoms with Gasteiger partial charge in [-0.15, -0.1) is 12.4 Å². The van der Waals surface area contributed by atoms with E-state index in [4.69, 9.17) is 15.2 Å². The molecule has 1 aromatic carbocycles. The number of nitrogens with two attached hydrogens (primary N) is 1. The van der Waals surface area contributed by atoms with Crippen molar-refractivity contribution in [1.29, 1.82) is 0 Å². The van der Waals surface area contributed by atoms with Gasteiger partial charge in [-0.2, -0.15) is 0 Å². The molecule has 1 rings (SSSR count). The Labute approximate surface area is 135 Å². The third kappa shape index (κ3) is 6.64. The summed E-state index contributed by atoms with van der Waals surface area (Å²) in [6.07, 6.45) is 0. The summed E-state index contributed by atoms with van der Waals surface area (Å²) in [5.74, 6) is 0.615. The van der Waals surface area contributed by atoms with E-state index in [1.54, 1.807) is 19.2 Å². The molecule has 8 heteroatoms. The average molecular weight is 332 g/mol. The molecule has 0 aromatic heterocycles. The molecule has 0 saturated heterocycles. The Morgan fingerprint density at radius 1 is 1.18 bits per heavy atom. The highest BCUT2D eigenvalue weighted by Gasteiger charge is 2.07. The van der Waals surface area contributed by atoms with E-state index in [0.717, 1.165) is 5.56 Å². The van der Waals surface area contributed by atoms with Crippen molar-refractivity contribution in [1.82, 2.24) is 10.6 Å². The predicted molar refractivity (Wildman–Crippen MR) is 85.3 cm³/mol. The maximum absolute atomic E-state index is 11.5. The lowest BCUT2D eigenvalue weighted by Crippen LogP contribution is -2.39. The quantitative estimate of drug-likeness (QED) is 0.632. The Kier molecular flexibility index (Phi) is 9.73. The number of nitrogens with one attached hydrogen (secondary N) is 2. The summed E-state index contributed by atoms with van der Waals surface area (Å²) in [4.78, 5) is 22.5. The summed E-state index contributed by atoms with van der Waals surface area (Å²) in [6.45, 7) is 2.51. The Morgan fingerprint density at radius 2 is 1.91 bits per heavy atom. The molecule has 0 aliphatic rings. The first-order valence-electron chi connectivity index (χ1n) is 6.63. The first-order chi connectivity index (χ1) is 10.1. The van der Waals surface area contributed by atoms with Crippen molar-refractivity contribution < 1.29 is 19.1 Å². The maximum Gasteiger partial charge on any atom is 0.239 e. The monoisotopic (exact) mass is 331 g/mol. The molecular weight excluding hydrogens is 310 g/mol. The molecule has 0 aliphatic heterocycles. The van der Waals surface area contributed by atoms with Crippen LogP contribution in [0, 0.1) is 0 Å². The molecule has 0 heterocycles. The molecule has 22 heavy (non-hydrogen) atoms. The van der Waals surface area contributed by atoms with Crippen LogP contribution in [-0.4, -0.2) is 38.6 Å². The zero-order chi connectivity index (χ0) is 15.7. The van der Waals surface area contributed by atoms with E-state index >= 15 is 0 Å². The van der Waals surface area contributed by atoms with Gasteiger partial charge in [-0.05, 0) is 24.6 Å². The number of ether oxygens (including phenoxy) is 2. The van der Waals surface area contributed by atoms with Gasteiger partial charge in [0.2, 0.25) is 11.8 Å². The Bertz CT molecular complexity index is 497. The van der Waals surface area contributed by atoms with Gasteiger partial charge in [0.05, 0.1) is 26.8 Å². The number of benzene rings is 1. The van der Waals surface area contributed by atoms with Gasteiger partial charge >= 0.3 is 0 Å². The van der Waals surface area contributed by atoms with Gasteiger partial charge in [-0.3, -0.25) is 9.59 Å². The summed E-state index contributed by atoms with van der Waals surface area (Å²) in [5, 5.41) is 5.09. The molecule has 0 bridgehead atoms. The molecule has 4 N–H and O–H groups in total. The number of rotatable bonds is 8. The molecule has 7 nitrogen and oxygen atoms in total. The molecule has 1 aromatic rings. The van der Waals surface area contributed by atoms with Crippen LogP contribution in [0.25, 0.3) is 0 Å². The first kappa shape index (κ1) is 20.0. The number of methoxy groups -OCH3 is 1. The van der Waals surface area contributed by atoms with Crippen LogP contribution in [0.1, 0.15) is 12.5 Å². The smallest absolute Gasteiger partial charge is 0.239 e. The number of halogens is 1. The predicted octanol–water partition coefficient (Wildman–Crippen LogP) is 0.207. The van der Waals surface area contributed by atoms with E-state index < -0.39 is 0 Å². The van der Waals surface area contributed by atoms with Crippen LogP contribution in [-0.2, 0) is 16.1 Å². The van der Waals surface area contributed by atoms with E-state index in [1.165, 1.54) is 0 Å². The third-order valence-corrected chi connectivity index (χ3v) is 2.65. The maximum atomic E-state index is 11.5. The summed E-state index contributed by atoms with van der Waals surface area (Å²) >= 11 is 0. The summed E-state index contributed by atoms with van der Waals surface area (Å²) in [6, 6.07) is 5.42. The van der Waals surface area contributed by atoms with Crippen LogP contribution < -0.4 is 25.8 Å². The number of hydrogen-bond acceptors (Lipinski definition) is 5. The van der Waals surface area contributed by atoms with Gasteiger partial charge < -0.3 is 25.8 Å². The fourth-order valence-electron chi connectivity index (χ4n) is 1.61. The Balaban J connectivity index is 0.00000441. The highest BCUT2D eigenvalue weighted by atomic mass is 35.5. The molecule has 0 aliphatic carbocycles. The van der Waals surface area contributed by atoms with Crippen molar-refractivity contribution in [2.24, 2.45) is 5.73 Å². The second kappa shape index (κ2) is 10.7. The molecule has 0 unspecified atom stereocenters. The van der Waals surface area contributed by atoms with Crippen LogP contribution >= 0.6 is 12.4 Å². The van der Waals surface area contributed by atoms with Gasteiger partial charge in [0.25, 0.3) is 0 Å². The zero-order valence-corrected chi connectivity index (χ0v) is 13.5. The highest BCUT2D eigenvalue weighted by molar-refractivity contribution is 5.85. The lowest BCUT2D eigenvalue weighted by Gasteiger charge is -2.12. The van der Waals surface area contributed by atoms with E-state index in [0.29, 0.717) is 24.7 Å². The largest absolute Gasteiger partial charge is 0.493 e. The summed E-state index contributed by atoms with van der Waals surface area (Å²) in [5.41, 5.74) is 6.00. The van der Waals surface area contributed by atoms with Gasteiger partial charge in [-0.25, -0.2) is 0 Å². The number of carbonyl (C=O) groups excluding carboxylic acids is 2. The molecule has 0 spiro atoms. The Hall–Kier alpha value is -1.99. The van der Waals surface area contributed by atoms with Crippen molar-refractivity contribution in [2.75, 3.05) is 26.8 Å². The van der Waals surface area contributed by atoms with Crippen molar-refractivity contribution in [2.45, 2.75) is 13.5 Å². The normalized spacial score (nSPS) is 9.41. The highest BCUT2D eigenvalue weighted by Crippen LogP contribution is 2.27. The minimum absolute atomic E-state index is 0. The lowest BCUT2D eigenvalue weighted by molar-refractivity contribution is -0.125. The molecule has 124 valence electrons. The third-order valence-electron chi connectivity index (χ3n) is 2.65. The lowest BCUT2D eigenvalue weighted by atomic mass is 10.2. The fraction of sp³-hybridized carbons (Fsp3) is 0.429. The van der Waals surface area contributed by atoms with E-state index in [-0.39, 0.29) is 37.3 Å². The van der Waals surface area contributed by atoms with Gasteiger partial charge in [-0.1, -0.05) is 6.07 Å². The molecule has 0 fully saturated rings. The molecule has 0 radical (unpaired) electrons. The van der Waals surface area contributed by atoms with Crippen LogP contribution in [0.5, 0.6) is 11.5 Å². The number of amides is 2. The van der Waals surface area contributed by atoms with Gasteiger partial charge in [0.1, 0.15) is 0 Å². The van der Waals surface area contributed by atoms with Gasteiger partial charge in [0, 0.05) is 6.54 Å². The molecule has 0 saturated carbocycles. The summed E-state index contributed by atoms with van der Waals surface area (Å²) in [7, 11) is 1.57. The molecule has 0 atom stereocenters. The van der Waals surface area contributed by atoms with Crippen molar-refractivity contribution >= 4 is 24.2 Å². The second-order valence-electron chi connectivity index (χ2n) is 4.18. The fourth-order valence-corrected chi connectivity index (χ4v) is 1.61. The first-order valence-corrected chi connectivity index (χ1v) is 6.63. The average Bonchev–Trinajstić information content (AvgIpc) is 2.51. The van der Waals surface area contributed by atoms with E-state index in [1.807, 2.05) is 13.0 Å². The van der Waals surface area contributed by atoms with Crippen molar-refractivity contribution in [3.8, 4) is 11.5 Å². The SMILES string of the molecule is CCOc1cc(CNC(=O)CNC(=O)CN)ccc1OC.Cl. The van der Waals surface area contributed by atoms with Crippen molar-refractivity contribution in [3.63, 3.8) is 0 Å². The van der Waals surface area contributed by atoms with Crippen LogP contribution in [0.3, 0.4) is 0 Å². The minimum Gasteiger partial charge on any atom is -0.493 e.